The van der Waals surface area contributed by atoms with Crippen molar-refractivity contribution in [2.24, 2.45) is 5.73 Å². The van der Waals surface area contributed by atoms with Gasteiger partial charge in [-0.05, 0) is 32.0 Å². The molecule has 2 heterocycles. The zero-order chi connectivity index (χ0) is 14.8. The van der Waals surface area contributed by atoms with Gasteiger partial charge in [-0.2, -0.15) is 0 Å². The Bertz CT molecular complexity index is 606. The van der Waals surface area contributed by atoms with Gasteiger partial charge in [0.15, 0.2) is 0 Å². The molecule has 1 aromatic heterocycles. The Balaban J connectivity index is 1.90. The molecule has 4 nitrogen and oxygen atoms in total. The molecule has 0 radical (unpaired) electrons. The van der Waals surface area contributed by atoms with E-state index in [4.69, 9.17) is 14.9 Å². The third-order valence-electron chi connectivity index (χ3n) is 3.93. The van der Waals surface area contributed by atoms with Crippen molar-refractivity contribution in [3.05, 3.63) is 53.5 Å². The molecule has 2 atom stereocenters. The first-order valence-corrected chi connectivity index (χ1v) is 7.42. The van der Waals surface area contributed by atoms with E-state index in [1.165, 1.54) is 5.56 Å². The predicted molar refractivity (Wildman–Crippen MR) is 82.2 cm³/mol. The maximum atomic E-state index is 6.24. The summed E-state index contributed by atoms with van der Waals surface area (Å²) in [7, 11) is 0. The van der Waals surface area contributed by atoms with E-state index in [1.807, 2.05) is 44.2 Å². The van der Waals surface area contributed by atoms with E-state index < -0.39 is 0 Å². The molecule has 0 spiro atoms. The van der Waals surface area contributed by atoms with Crippen LogP contribution in [0.4, 0.5) is 0 Å². The van der Waals surface area contributed by atoms with Crippen LogP contribution in [0.5, 0.6) is 5.75 Å². The molecule has 0 bridgehead atoms. The molecule has 0 aliphatic carbocycles. The SMILES string of the molecule is Cc1ccc(C(C(C)N)N2CCOc3ccccc3C2)o1. The van der Waals surface area contributed by atoms with Gasteiger partial charge in [0, 0.05) is 24.7 Å². The van der Waals surface area contributed by atoms with E-state index >= 15 is 0 Å². The summed E-state index contributed by atoms with van der Waals surface area (Å²) in [6.45, 7) is 6.31. The monoisotopic (exact) mass is 286 g/mol. The van der Waals surface area contributed by atoms with Crippen LogP contribution >= 0.6 is 0 Å². The van der Waals surface area contributed by atoms with Gasteiger partial charge in [-0.1, -0.05) is 18.2 Å². The first-order valence-electron chi connectivity index (χ1n) is 7.42. The highest BCUT2D eigenvalue weighted by atomic mass is 16.5. The van der Waals surface area contributed by atoms with Crippen molar-refractivity contribution in [1.82, 2.24) is 4.90 Å². The van der Waals surface area contributed by atoms with Crippen molar-refractivity contribution in [3.8, 4) is 5.75 Å². The molecule has 1 aliphatic rings. The Hall–Kier alpha value is -1.78. The molecule has 0 amide bonds. The second kappa shape index (κ2) is 5.92. The number of furan rings is 1. The zero-order valence-corrected chi connectivity index (χ0v) is 12.6. The third kappa shape index (κ3) is 2.96. The lowest BCUT2D eigenvalue weighted by Crippen LogP contribution is -2.40. The van der Waals surface area contributed by atoms with Crippen LogP contribution in [0.15, 0.2) is 40.8 Å². The molecule has 0 saturated carbocycles. The van der Waals surface area contributed by atoms with E-state index in [-0.39, 0.29) is 12.1 Å². The molecule has 2 N–H and O–H groups in total. The standard InChI is InChI=1S/C17H22N2O2/c1-12-7-8-16(21-12)17(13(2)18)19-9-10-20-15-6-4-3-5-14(15)11-19/h3-8,13,17H,9-11,18H2,1-2H3. The fourth-order valence-electron chi connectivity index (χ4n) is 2.97. The van der Waals surface area contributed by atoms with Gasteiger partial charge in [0.05, 0.1) is 6.04 Å². The van der Waals surface area contributed by atoms with Gasteiger partial charge in [-0.3, -0.25) is 4.90 Å². The Morgan fingerprint density at radius 3 is 2.71 bits per heavy atom. The number of ether oxygens (including phenoxy) is 1. The average Bonchev–Trinajstić information content (AvgIpc) is 2.75. The molecule has 112 valence electrons. The van der Waals surface area contributed by atoms with Gasteiger partial charge in [0.25, 0.3) is 0 Å². The number of benzene rings is 1. The first kappa shape index (κ1) is 14.2. The Morgan fingerprint density at radius 2 is 2.00 bits per heavy atom. The van der Waals surface area contributed by atoms with Gasteiger partial charge in [-0.25, -0.2) is 0 Å². The number of rotatable bonds is 3. The second-order valence-corrected chi connectivity index (χ2v) is 5.68. The third-order valence-corrected chi connectivity index (χ3v) is 3.93. The van der Waals surface area contributed by atoms with E-state index in [2.05, 4.69) is 11.0 Å². The lowest BCUT2D eigenvalue weighted by molar-refractivity contribution is 0.134. The summed E-state index contributed by atoms with van der Waals surface area (Å²) in [6.07, 6.45) is 0. The summed E-state index contributed by atoms with van der Waals surface area (Å²) in [5.74, 6) is 2.82. The maximum absolute atomic E-state index is 6.24. The number of nitrogens with two attached hydrogens (primary N) is 1. The molecule has 2 aromatic rings. The van der Waals surface area contributed by atoms with Crippen LogP contribution in [0.25, 0.3) is 0 Å². The Labute approximate surface area is 125 Å². The lowest BCUT2D eigenvalue weighted by atomic mass is 10.0. The molecular formula is C17H22N2O2. The normalized spacial score (nSPS) is 18.4. The number of hydrogen-bond acceptors (Lipinski definition) is 4. The van der Waals surface area contributed by atoms with Crippen LogP contribution in [-0.2, 0) is 6.54 Å². The van der Waals surface area contributed by atoms with Crippen molar-refractivity contribution < 1.29 is 9.15 Å². The van der Waals surface area contributed by atoms with Gasteiger partial charge in [0.2, 0.25) is 0 Å². The number of para-hydroxylation sites is 1. The second-order valence-electron chi connectivity index (χ2n) is 5.68. The van der Waals surface area contributed by atoms with Crippen molar-refractivity contribution >= 4 is 0 Å². The summed E-state index contributed by atoms with van der Waals surface area (Å²) >= 11 is 0. The lowest BCUT2D eigenvalue weighted by Gasteiger charge is -2.31. The molecule has 1 aliphatic heterocycles. The van der Waals surface area contributed by atoms with Crippen molar-refractivity contribution in [2.45, 2.75) is 32.5 Å². The molecule has 4 heteroatoms. The number of hydrogen-bond donors (Lipinski definition) is 1. The van der Waals surface area contributed by atoms with Crippen LogP contribution < -0.4 is 10.5 Å². The summed E-state index contributed by atoms with van der Waals surface area (Å²) in [5.41, 5.74) is 7.44. The highest BCUT2D eigenvalue weighted by molar-refractivity contribution is 5.34. The summed E-state index contributed by atoms with van der Waals surface area (Å²) in [6, 6.07) is 12.3. The molecule has 0 fully saturated rings. The molecule has 3 rings (SSSR count). The molecule has 2 unspecified atom stereocenters. The Kier molecular flexibility index (Phi) is 3.99. The zero-order valence-electron chi connectivity index (χ0n) is 12.6. The summed E-state index contributed by atoms with van der Waals surface area (Å²) in [5, 5.41) is 0. The van der Waals surface area contributed by atoms with Gasteiger partial charge in [-0.15, -0.1) is 0 Å². The van der Waals surface area contributed by atoms with Crippen LogP contribution in [0.3, 0.4) is 0 Å². The van der Waals surface area contributed by atoms with Crippen LogP contribution in [0, 0.1) is 6.92 Å². The van der Waals surface area contributed by atoms with Crippen molar-refractivity contribution in [2.75, 3.05) is 13.2 Å². The highest BCUT2D eigenvalue weighted by Crippen LogP contribution is 2.30. The number of aryl methyl sites for hydroxylation is 1. The van der Waals surface area contributed by atoms with Gasteiger partial charge >= 0.3 is 0 Å². The maximum Gasteiger partial charge on any atom is 0.123 e. The van der Waals surface area contributed by atoms with E-state index in [1.54, 1.807) is 0 Å². The van der Waals surface area contributed by atoms with Gasteiger partial charge < -0.3 is 14.9 Å². The van der Waals surface area contributed by atoms with E-state index in [9.17, 15) is 0 Å². The van der Waals surface area contributed by atoms with Crippen molar-refractivity contribution in [1.29, 1.82) is 0 Å². The van der Waals surface area contributed by atoms with E-state index in [0.29, 0.717) is 6.61 Å². The fraction of sp³-hybridized carbons (Fsp3) is 0.412. The predicted octanol–water partition coefficient (Wildman–Crippen LogP) is 2.87. The topological polar surface area (TPSA) is 51.6 Å². The molecule has 1 aromatic carbocycles. The number of nitrogens with zero attached hydrogens (tertiary/aromatic N) is 1. The molecule has 21 heavy (non-hydrogen) atoms. The van der Waals surface area contributed by atoms with Crippen LogP contribution in [0.2, 0.25) is 0 Å². The minimum atomic E-state index is -0.0131. The molecular weight excluding hydrogens is 264 g/mol. The fourth-order valence-corrected chi connectivity index (χ4v) is 2.97. The quantitative estimate of drug-likeness (QED) is 0.942. The largest absolute Gasteiger partial charge is 0.492 e. The minimum Gasteiger partial charge on any atom is -0.492 e. The Morgan fingerprint density at radius 1 is 1.19 bits per heavy atom. The summed E-state index contributed by atoms with van der Waals surface area (Å²) < 4.78 is 11.7. The van der Waals surface area contributed by atoms with Crippen molar-refractivity contribution in [3.63, 3.8) is 0 Å². The van der Waals surface area contributed by atoms with E-state index in [0.717, 1.165) is 30.4 Å². The average molecular weight is 286 g/mol. The highest BCUT2D eigenvalue weighted by Gasteiger charge is 2.29. The minimum absolute atomic E-state index is 0.0131. The number of fused-ring (bicyclic) bond motifs is 1. The van der Waals surface area contributed by atoms with Crippen LogP contribution in [0.1, 0.15) is 30.0 Å². The van der Waals surface area contributed by atoms with Crippen LogP contribution in [-0.4, -0.2) is 24.1 Å². The van der Waals surface area contributed by atoms with Gasteiger partial charge in [0.1, 0.15) is 23.9 Å². The summed E-state index contributed by atoms with van der Waals surface area (Å²) in [4.78, 5) is 2.34. The molecule has 0 saturated heterocycles. The first-order chi connectivity index (χ1) is 10.1. The smallest absolute Gasteiger partial charge is 0.123 e.